The fourth-order valence-corrected chi connectivity index (χ4v) is 1.95. The molecule has 102 valence electrons. The van der Waals surface area contributed by atoms with Gasteiger partial charge < -0.3 is 15.5 Å². The van der Waals surface area contributed by atoms with Crippen LogP contribution in [0.25, 0.3) is 0 Å². The summed E-state index contributed by atoms with van der Waals surface area (Å²) in [4.78, 5) is 4.66. The van der Waals surface area contributed by atoms with Gasteiger partial charge in [-0.15, -0.1) is 0 Å². The van der Waals surface area contributed by atoms with Crippen molar-refractivity contribution in [1.82, 2.24) is 4.90 Å². The number of nitrogens with two attached hydrogens (primary N) is 1. The van der Waals surface area contributed by atoms with E-state index in [1.807, 2.05) is 6.92 Å². The van der Waals surface area contributed by atoms with Crippen LogP contribution in [0.4, 0.5) is 5.69 Å². The number of likely N-dealkylation sites (N-methyl/N-ethyl adjacent to an activating group) is 1. The number of benzene rings is 1. The lowest BCUT2D eigenvalue weighted by atomic mass is 10.1. The summed E-state index contributed by atoms with van der Waals surface area (Å²) in [5, 5.41) is 0. The third-order valence-electron chi connectivity index (χ3n) is 3.09. The van der Waals surface area contributed by atoms with Crippen molar-refractivity contribution in [2.75, 3.05) is 38.6 Å². The highest BCUT2D eigenvalue weighted by molar-refractivity contribution is 5.48. The zero-order chi connectivity index (χ0) is 13.5. The summed E-state index contributed by atoms with van der Waals surface area (Å²) in [7, 11) is 4.23. The van der Waals surface area contributed by atoms with E-state index in [2.05, 4.69) is 55.1 Å². The van der Waals surface area contributed by atoms with E-state index in [0.717, 1.165) is 19.6 Å². The van der Waals surface area contributed by atoms with Crippen molar-refractivity contribution in [3.63, 3.8) is 0 Å². The van der Waals surface area contributed by atoms with Gasteiger partial charge in [0.2, 0.25) is 0 Å². The molecule has 0 heterocycles. The van der Waals surface area contributed by atoms with Gasteiger partial charge in [-0.05, 0) is 45.1 Å². The van der Waals surface area contributed by atoms with E-state index in [0.29, 0.717) is 0 Å². The van der Waals surface area contributed by atoms with Gasteiger partial charge in [-0.3, -0.25) is 0 Å². The fourth-order valence-electron chi connectivity index (χ4n) is 1.95. The lowest BCUT2D eigenvalue weighted by molar-refractivity contribution is 0.413. The molecular formula is C15H27N3. The van der Waals surface area contributed by atoms with Gasteiger partial charge in [-0.2, -0.15) is 0 Å². The van der Waals surface area contributed by atoms with E-state index in [4.69, 9.17) is 5.73 Å². The SMILES string of the molecule is CCCN(CCN(C)C)c1ccc([C@H](C)N)cc1. The second-order valence-electron chi connectivity index (χ2n) is 5.17. The Morgan fingerprint density at radius 1 is 1.06 bits per heavy atom. The molecule has 1 aromatic rings. The first kappa shape index (κ1) is 15.0. The molecule has 0 saturated carbocycles. The van der Waals surface area contributed by atoms with E-state index < -0.39 is 0 Å². The molecule has 0 fully saturated rings. The maximum absolute atomic E-state index is 5.88. The lowest BCUT2D eigenvalue weighted by Crippen LogP contribution is -2.32. The molecule has 18 heavy (non-hydrogen) atoms. The van der Waals surface area contributed by atoms with E-state index in [1.165, 1.54) is 17.7 Å². The van der Waals surface area contributed by atoms with Crippen LogP contribution in [0, 0.1) is 0 Å². The van der Waals surface area contributed by atoms with Crippen LogP contribution >= 0.6 is 0 Å². The zero-order valence-electron chi connectivity index (χ0n) is 12.2. The molecule has 1 aromatic carbocycles. The van der Waals surface area contributed by atoms with Crippen LogP contribution in [0.15, 0.2) is 24.3 Å². The van der Waals surface area contributed by atoms with Gasteiger partial charge in [-0.25, -0.2) is 0 Å². The molecule has 0 unspecified atom stereocenters. The molecule has 3 heteroatoms. The van der Waals surface area contributed by atoms with Crippen molar-refractivity contribution >= 4 is 5.69 Å². The van der Waals surface area contributed by atoms with Gasteiger partial charge in [0, 0.05) is 31.4 Å². The Hall–Kier alpha value is -1.06. The first-order chi connectivity index (χ1) is 8.54. The third-order valence-corrected chi connectivity index (χ3v) is 3.09. The molecule has 1 atom stereocenters. The van der Waals surface area contributed by atoms with E-state index in [1.54, 1.807) is 0 Å². The highest BCUT2D eigenvalue weighted by Crippen LogP contribution is 2.18. The first-order valence-electron chi connectivity index (χ1n) is 6.79. The summed E-state index contributed by atoms with van der Waals surface area (Å²) in [6.45, 7) is 7.49. The van der Waals surface area contributed by atoms with Gasteiger partial charge in [-0.1, -0.05) is 19.1 Å². The van der Waals surface area contributed by atoms with Crippen LogP contribution in [-0.2, 0) is 0 Å². The normalized spacial score (nSPS) is 12.8. The minimum Gasteiger partial charge on any atom is -0.370 e. The molecule has 0 spiro atoms. The summed E-state index contributed by atoms with van der Waals surface area (Å²) in [6, 6.07) is 8.76. The van der Waals surface area contributed by atoms with Crippen molar-refractivity contribution in [3.8, 4) is 0 Å². The fraction of sp³-hybridized carbons (Fsp3) is 0.600. The number of rotatable bonds is 7. The Bertz CT molecular complexity index is 330. The number of hydrogen-bond donors (Lipinski definition) is 1. The largest absolute Gasteiger partial charge is 0.370 e. The molecular weight excluding hydrogens is 222 g/mol. The summed E-state index contributed by atoms with van der Waals surface area (Å²) < 4.78 is 0. The van der Waals surface area contributed by atoms with Gasteiger partial charge in [0.1, 0.15) is 0 Å². The average molecular weight is 249 g/mol. The highest BCUT2D eigenvalue weighted by atomic mass is 15.2. The standard InChI is InChI=1S/C15H27N3/c1-5-10-18(12-11-17(3)4)15-8-6-14(7-9-15)13(2)16/h6-9,13H,5,10-12,16H2,1-4H3/t13-/m0/s1. The van der Waals surface area contributed by atoms with Crippen molar-refractivity contribution in [1.29, 1.82) is 0 Å². The van der Waals surface area contributed by atoms with E-state index in [-0.39, 0.29) is 6.04 Å². The Labute approximate surface area is 112 Å². The Kier molecular flexibility index (Phi) is 6.16. The minimum atomic E-state index is 0.112. The van der Waals surface area contributed by atoms with Crippen molar-refractivity contribution in [2.24, 2.45) is 5.73 Å². The Morgan fingerprint density at radius 3 is 2.11 bits per heavy atom. The monoisotopic (exact) mass is 249 g/mol. The predicted octanol–water partition coefficient (Wildman–Crippen LogP) is 2.48. The maximum atomic E-state index is 5.88. The minimum absolute atomic E-state index is 0.112. The zero-order valence-corrected chi connectivity index (χ0v) is 12.2. The molecule has 0 aliphatic heterocycles. The number of anilines is 1. The van der Waals surface area contributed by atoms with E-state index in [9.17, 15) is 0 Å². The van der Waals surface area contributed by atoms with Crippen LogP contribution in [0.5, 0.6) is 0 Å². The van der Waals surface area contributed by atoms with Gasteiger partial charge in [0.05, 0.1) is 0 Å². The molecule has 0 aromatic heterocycles. The summed E-state index contributed by atoms with van der Waals surface area (Å²) in [5.74, 6) is 0. The van der Waals surface area contributed by atoms with Gasteiger partial charge in [0.25, 0.3) is 0 Å². The molecule has 1 rings (SSSR count). The van der Waals surface area contributed by atoms with Crippen molar-refractivity contribution < 1.29 is 0 Å². The molecule has 0 aliphatic carbocycles. The summed E-state index contributed by atoms with van der Waals surface area (Å²) in [5.41, 5.74) is 8.37. The summed E-state index contributed by atoms with van der Waals surface area (Å²) >= 11 is 0. The highest BCUT2D eigenvalue weighted by Gasteiger charge is 2.06. The molecule has 0 bridgehead atoms. The number of hydrogen-bond acceptors (Lipinski definition) is 3. The third kappa shape index (κ3) is 4.67. The summed E-state index contributed by atoms with van der Waals surface area (Å²) in [6.07, 6.45) is 1.17. The first-order valence-corrected chi connectivity index (χ1v) is 6.79. The van der Waals surface area contributed by atoms with Crippen molar-refractivity contribution in [3.05, 3.63) is 29.8 Å². The van der Waals surface area contributed by atoms with Crippen LogP contribution in [-0.4, -0.2) is 38.6 Å². The molecule has 3 nitrogen and oxygen atoms in total. The lowest BCUT2D eigenvalue weighted by Gasteiger charge is -2.26. The second-order valence-corrected chi connectivity index (χ2v) is 5.17. The van der Waals surface area contributed by atoms with Gasteiger partial charge in [0.15, 0.2) is 0 Å². The van der Waals surface area contributed by atoms with Crippen LogP contribution < -0.4 is 10.6 Å². The Balaban J connectivity index is 2.72. The quantitative estimate of drug-likeness (QED) is 0.806. The number of nitrogens with zero attached hydrogens (tertiary/aromatic N) is 2. The molecule has 0 saturated heterocycles. The molecule has 2 N–H and O–H groups in total. The molecule has 0 amide bonds. The van der Waals surface area contributed by atoms with Crippen LogP contribution in [0.1, 0.15) is 31.9 Å². The molecule has 0 radical (unpaired) electrons. The average Bonchev–Trinajstić information content (AvgIpc) is 2.34. The van der Waals surface area contributed by atoms with Crippen molar-refractivity contribution in [2.45, 2.75) is 26.3 Å². The second kappa shape index (κ2) is 7.39. The van der Waals surface area contributed by atoms with Crippen LogP contribution in [0.3, 0.4) is 0 Å². The van der Waals surface area contributed by atoms with E-state index >= 15 is 0 Å². The molecule has 0 aliphatic rings. The maximum Gasteiger partial charge on any atom is 0.0366 e. The predicted molar refractivity (Wildman–Crippen MR) is 80.1 cm³/mol. The van der Waals surface area contributed by atoms with Gasteiger partial charge >= 0.3 is 0 Å². The van der Waals surface area contributed by atoms with Crippen LogP contribution in [0.2, 0.25) is 0 Å². The smallest absolute Gasteiger partial charge is 0.0366 e. The topological polar surface area (TPSA) is 32.5 Å². The Morgan fingerprint density at radius 2 is 1.67 bits per heavy atom.